The molecule has 0 amide bonds. The van der Waals surface area contributed by atoms with Crippen LogP contribution in [-0.2, 0) is 12.8 Å². The number of hydrogen-bond acceptors (Lipinski definition) is 0. The first kappa shape index (κ1) is 5.04. The summed E-state index contributed by atoms with van der Waals surface area (Å²) >= 11 is 0. The average molecular weight is 118 g/mol. The zero-order valence-corrected chi connectivity index (χ0v) is 5.43. The van der Waals surface area contributed by atoms with E-state index in [-0.39, 0.29) is 0 Å². The minimum atomic E-state index is 1.27. The number of fused-ring (bicyclic) bond motifs is 4. The minimum absolute atomic E-state index is 1.27. The van der Waals surface area contributed by atoms with Crippen LogP contribution in [0.25, 0.3) is 0 Å². The second-order valence-corrected chi connectivity index (χ2v) is 2.67. The Morgan fingerprint density at radius 1 is 0.778 bits per heavy atom. The maximum Gasteiger partial charge on any atom is -0.0276 e. The SMILES string of the molecule is c1cc2ccc1CCC2. The molecular formula is C9H10. The zero-order chi connectivity index (χ0) is 6.10. The van der Waals surface area contributed by atoms with Crippen molar-refractivity contribution in [1.82, 2.24) is 0 Å². The van der Waals surface area contributed by atoms with Gasteiger partial charge in [-0.05, 0) is 30.4 Å². The summed E-state index contributed by atoms with van der Waals surface area (Å²) in [5, 5.41) is 0. The first-order valence-electron chi connectivity index (χ1n) is 3.53. The highest BCUT2D eigenvalue weighted by atomic mass is 14.1. The molecule has 0 saturated heterocycles. The van der Waals surface area contributed by atoms with Gasteiger partial charge >= 0.3 is 0 Å². The van der Waals surface area contributed by atoms with E-state index in [0.717, 1.165) is 0 Å². The van der Waals surface area contributed by atoms with Gasteiger partial charge in [0.2, 0.25) is 0 Å². The van der Waals surface area contributed by atoms with Crippen molar-refractivity contribution in [3.8, 4) is 0 Å². The summed E-state index contributed by atoms with van der Waals surface area (Å²) in [6.07, 6.45) is 3.89. The third kappa shape index (κ3) is 0.849. The van der Waals surface area contributed by atoms with Crippen molar-refractivity contribution in [2.45, 2.75) is 19.3 Å². The van der Waals surface area contributed by atoms with Gasteiger partial charge in [-0.3, -0.25) is 0 Å². The molecule has 1 aromatic carbocycles. The lowest BCUT2D eigenvalue weighted by atomic mass is 10.2. The van der Waals surface area contributed by atoms with E-state index in [1.54, 1.807) is 0 Å². The molecule has 2 aliphatic carbocycles. The molecule has 0 saturated carbocycles. The third-order valence-electron chi connectivity index (χ3n) is 1.95. The largest absolute Gasteiger partial charge is 0.0588 e. The molecule has 0 radical (unpaired) electrons. The summed E-state index contributed by atoms with van der Waals surface area (Å²) in [5.41, 5.74) is 2.99. The van der Waals surface area contributed by atoms with Crippen molar-refractivity contribution in [2.75, 3.05) is 0 Å². The van der Waals surface area contributed by atoms with E-state index in [9.17, 15) is 0 Å². The molecule has 2 aliphatic rings. The van der Waals surface area contributed by atoms with Crippen LogP contribution < -0.4 is 0 Å². The van der Waals surface area contributed by atoms with Crippen LogP contribution in [0.15, 0.2) is 24.3 Å². The Bertz CT molecular complexity index is 173. The maximum atomic E-state index is 2.24. The second kappa shape index (κ2) is 1.87. The topological polar surface area (TPSA) is 0 Å². The van der Waals surface area contributed by atoms with Crippen LogP contribution in [0.3, 0.4) is 0 Å². The lowest BCUT2D eigenvalue weighted by Gasteiger charge is -1.89. The second-order valence-electron chi connectivity index (χ2n) is 2.67. The Hall–Kier alpha value is -0.780. The van der Waals surface area contributed by atoms with Crippen LogP contribution in [0.5, 0.6) is 0 Å². The molecular weight excluding hydrogens is 108 g/mol. The van der Waals surface area contributed by atoms with Crippen molar-refractivity contribution in [3.05, 3.63) is 35.4 Å². The Morgan fingerprint density at radius 3 is 1.67 bits per heavy atom. The van der Waals surface area contributed by atoms with E-state index in [4.69, 9.17) is 0 Å². The van der Waals surface area contributed by atoms with E-state index in [1.165, 1.54) is 30.4 Å². The van der Waals surface area contributed by atoms with Gasteiger partial charge in [0.05, 0.1) is 0 Å². The van der Waals surface area contributed by atoms with Gasteiger partial charge in [0.15, 0.2) is 0 Å². The molecule has 0 fully saturated rings. The summed E-state index contributed by atoms with van der Waals surface area (Å²) in [7, 11) is 0. The van der Waals surface area contributed by atoms with E-state index >= 15 is 0 Å². The van der Waals surface area contributed by atoms with Gasteiger partial charge in [-0.1, -0.05) is 24.3 Å². The molecule has 0 atom stereocenters. The molecule has 2 bridgehead atoms. The molecule has 1 aromatic rings. The van der Waals surface area contributed by atoms with Crippen LogP contribution in [0.2, 0.25) is 0 Å². The van der Waals surface area contributed by atoms with Crippen molar-refractivity contribution >= 4 is 0 Å². The number of hydrogen-bond donors (Lipinski definition) is 0. The van der Waals surface area contributed by atoms with Gasteiger partial charge in [-0.2, -0.15) is 0 Å². The first-order valence-corrected chi connectivity index (χ1v) is 3.53. The summed E-state index contributed by atoms with van der Waals surface area (Å²) in [6.45, 7) is 0. The zero-order valence-electron chi connectivity index (χ0n) is 5.43. The fourth-order valence-corrected chi connectivity index (χ4v) is 1.37. The lowest BCUT2D eigenvalue weighted by Crippen LogP contribution is -1.78. The summed E-state index contributed by atoms with van der Waals surface area (Å²) < 4.78 is 0. The number of aryl methyl sites for hydroxylation is 2. The van der Waals surface area contributed by atoms with E-state index in [0.29, 0.717) is 0 Å². The Labute approximate surface area is 55.5 Å². The van der Waals surface area contributed by atoms with E-state index in [2.05, 4.69) is 24.3 Å². The normalized spacial score (nSPS) is 15.6. The molecule has 0 heterocycles. The Kier molecular flexibility index (Phi) is 1.05. The smallest absolute Gasteiger partial charge is 0.0276 e. The standard InChI is InChI=1S/C9H10/c1-2-8-4-6-9(3-1)7-5-8/h4-7H,1-3H2. The van der Waals surface area contributed by atoms with Crippen molar-refractivity contribution in [1.29, 1.82) is 0 Å². The summed E-state index contributed by atoms with van der Waals surface area (Å²) in [6, 6.07) is 8.95. The Morgan fingerprint density at radius 2 is 1.22 bits per heavy atom. The molecule has 9 heavy (non-hydrogen) atoms. The van der Waals surface area contributed by atoms with Gasteiger partial charge in [-0.25, -0.2) is 0 Å². The summed E-state index contributed by atoms with van der Waals surface area (Å²) in [4.78, 5) is 0. The fraction of sp³-hybridized carbons (Fsp3) is 0.333. The molecule has 0 aliphatic heterocycles. The van der Waals surface area contributed by atoms with Gasteiger partial charge in [0.1, 0.15) is 0 Å². The van der Waals surface area contributed by atoms with Crippen molar-refractivity contribution in [3.63, 3.8) is 0 Å². The van der Waals surface area contributed by atoms with Crippen LogP contribution in [0.4, 0.5) is 0 Å². The highest BCUT2D eigenvalue weighted by Crippen LogP contribution is 2.14. The minimum Gasteiger partial charge on any atom is -0.0588 e. The third-order valence-corrected chi connectivity index (χ3v) is 1.95. The predicted molar refractivity (Wildman–Crippen MR) is 38.5 cm³/mol. The highest BCUT2D eigenvalue weighted by Gasteiger charge is 2.00. The number of rotatable bonds is 0. The Balaban J connectivity index is 2.53. The van der Waals surface area contributed by atoms with E-state index < -0.39 is 0 Å². The van der Waals surface area contributed by atoms with E-state index in [1.807, 2.05) is 0 Å². The molecule has 0 unspecified atom stereocenters. The quantitative estimate of drug-likeness (QED) is 0.489. The highest BCUT2D eigenvalue weighted by molar-refractivity contribution is 5.25. The van der Waals surface area contributed by atoms with Gasteiger partial charge in [-0.15, -0.1) is 0 Å². The summed E-state index contributed by atoms with van der Waals surface area (Å²) in [5.74, 6) is 0. The van der Waals surface area contributed by atoms with Crippen molar-refractivity contribution in [2.24, 2.45) is 0 Å². The molecule has 0 spiro atoms. The lowest BCUT2D eigenvalue weighted by molar-refractivity contribution is 0.843. The van der Waals surface area contributed by atoms with Crippen LogP contribution in [0, 0.1) is 0 Å². The molecule has 0 aromatic heterocycles. The predicted octanol–water partition coefficient (Wildman–Crippen LogP) is 2.18. The first-order chi connectivity index (χ1) is 4.45. The average Bonchev–Trinajstić information content (AvgIpc) is 2.21. The fourth-order valence-electron chi connectivity index (χ4n) is 1.37. The molecule has 3 rings (SSSR count). The molecule has 0 heteroatoms. The molecule has 0 nitrogen and oxygen atoms in total. The van der Waals surface area contributed by atoms with Crippen LogP contribution in [-0.4, -0.2) is 0 Å². The number of benzene rings is 1. The van der Waals surface area contributed by atoms with Crippen molar-refractivity contribution < 1.29 is 0 Å². The van der Waals surface area contributed by atoms with Gasteiger partial charge in [0.25, 0.3) is 0 Å². The molecule has 0 N–H and O–H groups in total. The van der Waals surface area contributed by atoms with Crippen LogP contribution in [0.1, 0.15) is 17.5 Å². The monoisotopic (exact) mass is 118 g/mol. The van der Waals surface area contributed by atoms with Gasteiger partial charge in [0, 0.05) is 0 Å². The van der Waals surface area contributed by atoms with Gasteiger partial charge < -0.3 is 0 Å². The van der Waals surface area contributed by atoms with Crippen LogP contribution >= 0.6 is 0 Å². The molecule has 46 valence electrons. The maximum absolute atomic E-state index is 2.24.